The Morgan fingerprint density at radius 2 is 2.06 bits per heavy atom. The maximum atomic E-state index is 6.16. The maximum Gasteiger partial charge on any atom is 0.191 e. The lowest BCUT2D eigenvalue weighted by Gasteiger charge is -2.17. The molecule has 0 aliphatic carbocycles. The Morgan fingerprint density at radius 3 is 2.84 bits per heavy atom. The van der Waals surface area contributed by atoms with E-state index in [-0.39, 0.29) is 30.1 Å². The van der Waals surface area contributed by atoms with Gasteiger partial charge in [0.15, 0.2) is 5.96 Å². The van der Waals surface area contributed by atoms with Gasteiger partial charge in [0, 0.05) is 31.1 Å². The number of hydrogen-bond acceptors (Lipinski definition) is 4. The molecule has 32 heavy (non-hydrogen) atoms. The zero-order chi connectivity index (χ0) is 21.5. The van der Waals surface area contributed by atoms with Gasteiger partial charge in [-0.3, -0.25) is 0 Å². The van der Waals surface area contributed by atoms with Crippen molar-refractivity contribution in [3.05, 3.63) is 59.2 Å². The van der Waals surface area contributed by atoms with Crippen LogP contribution in [0.15, 0.2) is 47.5 Å². The molecule has 0 radical (unpaired) electrons. The summed E-state index contributed by atoms with van der Waals surface area (Å²) in [5, 5.41) is 6.76. The molecule has 0 amide bonds. The Hall–Kier alpha value is -2.00. The first-order valence-corrected chi connectivity index (χ1v) is 11.3. The van der Waals surface area contributed by atoms with Crippen LogP contribution in [0.4, 0.5) is 0 Å². The van der Waals surface area contributed by atoms with E-state index in [0.717, 1.165) is 55.6 Å². The smallest absolute Gasteiger partial charge is 0.191 e. The maximum absolute atomic E-state index is 6.16. The van der Waals surface area contributed by atoms with Gasteiger partial charge in [-0.05, 0) is 43.5 Å². The lowest BCUT2D eigenvalue weighted by molar-refractivity contribution is 0.166. The summed E-state index contributed by atoms with van der Waals surface area (Å²) >= 11 is 0. The van der Waals surface area contributed by atoms with Gasteiger partial charge < -0.3 is 24.8 Å². The molecule has 174 valence electrons. The number of halogens is 1. The van der Waals surface area contributed by atoms with Crippen molar-refractivity contribution >= 4 is 29.9 Å². The van der Waals surface area contributed by atoms with Crippen LogP contribution in [0.1, 0.15) is 30.0 Å². The highest BCUT2D eigenvalue weighted by Gasteiger charge is 2.22. The number of nitrogens with zero attached hydrogens (tertiary/aromatic N) is 1. The van der Waals surface area contributed by atoms with Crippen LogP contribution < -0.4 is 20.1 Å². The average Bonchev–Trinajstić information content (AvgIpc) is 3.44. The molecule has 1 saturated heterocycles. The molecule has 2 heterocycles. The first-order valence-electron chi connectivity index (χ1n) is 11.3. The highest BCUT2D eigenvalue weighted by atomic mass is 127. The third-order valence-electron chi connectivity index (χ3n) is 5.68. The molecule has 2 aliphatic heterocycles. The lowest BCUT2D eigenvalue weighted by Crippen LogP contribution is -2.42. The zero-order valence-electron chi connectivity index (χ0n) is 18.9. The van der Waals surface area contributed by atoms with E-state index in [0.29, 0.717) is 25.6 Å². The Morgan fingerprint density at radius 1 is 1.19 bits per heavy atom. The fourth-order valence-electron chi connectivity index (χ4n) is 3.93. The SMILES string of the molecule is CCNC(=NCc1ccc(C)cc1OCC1CCOC1)NCC1Cc2ccccc2O1.I. The molecule has 0 aromatic heterocycles. The molecule has 7 heteroatoms. The predicted octanol–water partition coefficient (Wildman–Crippen LogP) is 4.09. The van der Waals surface area contributed by atoms with E-state index in [1.165, 1.54) is 11.1 Å². The second-order valence-electron chi connectivity index (χ2n) is 8.28. The zero-order valence-corrected chi connectivity index (χ0v) is 21.3. The van der Waals surface area contributed by atoms with Crippen LogP contribution in [0.2, 0.25) is 0 Å². The number of hydrogen-bond donors (Lipinski definition) is 2. The summed E-state index contributed by atoms with van der Waals surface area (Å²) in [4.78, 5) is 4.80. The van der Waals surface area contributed by atoms with Gasteiger partial charge in [-0.2, -0.15) is 0 Å². The van der Waals surface area contributed by atoms with Crippen molar-refractivity contribution in [1.82, 2.24) is 10.6 Å². The molecule has 2 atom stereocenters. The first kappa shape index (κ1) is 24.6. The number of fused-ring (bicyclic) bond motifs is 1. The van der Waals surface area contributed by atoms with Crippen LogP contribution in [0, 0.1) is 12.8 Å². The highest BCUT2D eigenvalue weighted by molar-refractivity contribution is 14.0. The number of nitrogens with one attached hydrogen (secondary N) is 2. The Kier molecular flexibility index (Phi) is 9.47. The van der Waals surface area contributed by atoms with Gasteiger partial charge >= 0.3 is 0 Å². The summed E-state index contributed by atoms with van der Waals surface area (Å²) in [5.74, 6) is 3.18. The molecule has 4 rings (SSSR count). The summed E-state index contributed by atoms with van der Waals surface area (Å²) in [6, 6.07) is 14.6. The third kappa shape index (κ3) is 6.75. The molecule has 0 bridgehead atoms. The Bertz CT molecular complexity index is 875. The molecule has 2 aromatic rings. The number of guanidine groups is 1. The summed E-state index contributed by atoms with van der Waals surface area (Å²) < 4.78 is 17.7. The standard InChI is InChI=1S/C25H33N3O3.HI/c1-3-26-25(28-15-22-13-20-6-4-5-7-23(20)31-22)27-14-21-9-8-18(2)12-24(21)30-17-19-10-11-29-16-19;/h4-9,12,19,22H,3,10-11,13-17H2,1-2H3,(H2,26,27,28);1H. The molecular formula is C25H34IN3O3. The molecule has 0 spiro atoms. The predicted molar refractivity (Wildman–Crippen MR) is 138 cm³/mol. The number of para-hydroxylation sites is 1. The van der Waals surface area contributed by atoms with Crippen LogP contribution in [0.3, 0.4) is 0 Å². The highest BCUT2D eigenvalue weighted by Crippen LogP contribution is 2.28. The average molecular weight is 551 g/mol. The molecule has 2 aromatic carbocycles. The number of ether oxygens (including phenoxy) is 3. The van der Waals surface area contributed by atoms with Crippen molar-refractivity contribution in [3.8, 4) is 11.5 Å². The monoisotopic (exact) mass is 551 g/mol. The van der Waals surface area contributed by atoms with E-state index in [1.54, 1.807) is 0 Å². The molecule has 6 nitrogen and oxygen atoms in total. The van der Waals surface area contributed by atoms with Crippen molar-refractivity contribution in [2.45, 2.75) is 39.3 Å². The minimum absolute atomic E-state index is 0. The van der Waals surface area contributed by atoms with Crippen LogP contribution in [-0.4, -0.2) is 45.0 Å². The number of rotatable bonds is 8. The number of aliphatic imine (C=N–C) groups is 1. The van der Waals surface area contributed by atoms with Crippen LogP contribution >= 0.6 is 24.0 Å². The van der Waals surface area contributed by atoms with Crippen molar-refractivity contribution in [3.63, 3.8) is 0 Å². The van der Waals surface area contributed by atoms with E-state index in [9.17, 15) is 0 Å². The van der Waals surface area contributed by atoms with Gasteiger partial charge in [0.1, 0.15) is 17.6 Å². The fraction of sp³-hybridized carbons (Fsp3) is 0.480. The van der Waals surface area contributed by atoms with Gasteiger partial charge in [0.25, 0.3) is 0 Å². The lowest BCUT2D eigenvalue weighted by atomic mass is 10.1. The minimum atomic E-state index is 0. The third-order valence-corrected chi connectivity index (χ3v) is 5.68. The first-order chi connectivity index (χ1) is 15.2. The van der Waals surface area contributed by atoms with Crippen LogP contribution in [0.5, 0.6) is 11.5 Å². The largest absolute Gasteiger partial charge is 0.493 e. The van der Waals surface area contributed by atoms with Crippen molar-refractivity contribution in [2.24, 2.45) is 10.9 Å². The molecule has 2 N–H and O–H groups in total. The Balaban J connectivity index is 0.00000289. The summed E-state index contributed by atoms with van der Waals surface area (Å²) in [5.41, 5.74) is 3.55. The molecular weight excluding hydrogens is 517 g/mol. The second kappa shape index (κ2) is 12.3. The van der Waals surface area contributed by atoms with Crippen molar-refractivity contribution < 1.29 is 14.2 Å². The number of aryl methyl sites for hydroxylation is 1. The van der Waals surface area contributed by atoms with Crippen LogP contribution in [0.25, 0.3) is 0 Å². The summed E-state index contributed by atoms with van der Waals surface area (Å²) in [7, 11) is 0. The summed E-state index contributed by atoms with van der Waals surface area (Å²) in [6.45, 7) is 8.55. The summed E-state index contributed by atoms with van der Waals surface area (Å²) in [6.07, 6.45) is 2.11. The molecule has 2 unspecified atom stereocenters. The molecule has 1 fully saturated rings. The normalized spacial score (nSPS) is 19.6. The quantitative estimate of drug-likeness (QED) is 0.294. The Labute approximate surface area is 208 Å². The number of benzene rings is 2. The van der Waals surface area contributed by atoms with Crippen LogP contribution in [-0.2, 0) is 17.7 Å². The van der Waals surface area contributed by atoms with E-state index in [1.807, 2.05) is 12.1 Å². The minimum Gasteiger partial charge on any atom is -0.493 e. The van der Waals surface area contributed by atoms with E-state index >= 15 is 0 Å². The second-order valence-corrected chi connectivity index (χ2v) is 8.28. The van der Waals surface area contributed by atoms with Gasteiger partial charge in [-0.15, -0.1) is 24.0 Å². The molecule has 0 saturated carbocycles. The van der Waals surface area contributed by atoms with E-state index in [2.05, 4.69) is 54.8 Å². The fourth-order valence-corrected chi connectivity index (χ4v) is 3.93. The van der Waals surface area contributed by atoms with E-state index in [4.69, 9.17) is 19.2 Å². The van der Waals surface area contributed by atoms with Gasteiger partial charge in [0.05, 0.1) is 26.3 Å². The van der Waals surface area contributed by atoms with E-state index < -0.39 is 0 Å². The van der Waals surface area contributed by atoms with Gasteiger partial charge in [0.2, 0.25) is 0 Å². The van der Waals surface area contributed by atoms with Crippen molar-refractivity contribution in [1.29, 1.82) is 0 Å². The topological polar surface area (TPSA) is 64.1 Å². The molecule has 2 aliphatic rings. The van der Waals surface area contributed by atoms with Gasteiger partial charge in [-0.25, -0.2) is 4.99 Å². The van der Waals surface area contributed by atoms with Crippen molar-refractivity contribution in [2.75, 3.05) is 32.9 Å². The van der Waals surface area contributed by atoms with Gasteiger partial charge in [-0.1, -0.05) is 30.3 Å².